The van der Waals surface area contributed by atoms with Gasteiger partial charge in [0, 0.05) is 25.5 Å². The number of aromatic nitrogens is 3. The molecule has 0 aliphatic heterocycles. The summed E-state index contributed by atoms with van der Waals surface area (Å²) in [7, 11) is -0.652. The van der Waals surface area contributed by atoms with E-state index in [1.807, 2.05) is 42.7 Å². The summed E-state index contributed by atoms with van der Waals surface area (Å²) in [5.41, 5.74) is 3.08. The van der Waals surface area contributed by atoms with Crippen molar-refractivity contribution in [3.8, 4) is 5.69 Å². The minimum absolute atomic E-state index is 0.105. The predicted molar refractivity (Wildman–Crippen MR) is 122 cm³/mol. The highest BCUT2D eigenvalue weighted by Gasteiger charge is 2.20. The number of aryl methyl sites for hydroxylation is 3. The maximum atomic E-state index is 12.5. The number of carbonyl (C=O) groups excluding carboxylic acids is 1. The molecule has 0 saturated heterocycles. The molecule has 0 fully saturated rings. The van der Waals surface area contributed by atoms with Crippen molar-refractivity contribution in [1.82, 2.24) is 19.1 Å². The van der Waals surface area contributed by atoms with Crippen LogP contribution in [0.5, 0.6) is 0 Å². The van der Waals surface area contributed by atoms with Crippen molar-refractivity contribution in [3.63, 3.8) is 0 Å². The van der Waals surface area contributed by atoms with E-state index in [-0.39, 0.29) is 16.6 Å². The molecule has 164 valence electrons. The second kappa shape index (κ2) is 9.21. The molecule has 31 heavy (non-hydrogen) atoms. The zero-order valence-corrected chi connectivity index (χ0v) is 19.7. The second-order valence-electron chi connectivity index (χ2n) is 7.31. The van der Waals surface area contributed by atoms with Crippen molar-refractivity contribution >= 4 is 33.4 Å². The minimum atomic E-state index is -3.60. The number of hydrogen-bond acceptors (Lipinski definition) is 6. The smallest absolute Gasteiger partial charge is 0.242 e. The molecule has 0 radical (unpaired) electrons. The first-order chi connectivity index (χ1) is 14.6. The van der Waals surface area contributed by atoms with Crippen LogP contribution >= 0.6 is 11.8 Å². The topological polar surface area (TPSA) is 97.2 Å². The van der Waals surface area contributed by atoms with E-state index in [1.54, 1.807) is 19.1 Å². The average Bonchev–Trinajstić information content (AvgIpc) is 3.08. The number of sulfonamides is 1. The largest absolute Gasteiger partial charge is 0.325 e. The van der Waals surface area contributed by atoms with Crippen LogP contribution in [0.3, 0.4) is 0 Å². The molecule has 0 saturated carbocycles. The zero-order valence-electron chi connectivity index (χ0n) is 18.1. The quantitative estimate of drug-likeness (QED) is 0.545. The fraction of sp³-hybridized carbons (Fsp3) is 0.286. The van der Waals surface area contributed by atoms with Crippen molar-refractivity contribution in [1.29, 1.82) is 0 Å². The third-order valence-corrected chi connectivity index (χ3v) is 7.50. The number of rotatable bonds is 7. The lowest BCUT2D eigenvalue weighted by Gasteiger charge is -2.15. The second-order valence-corrected chi connectivity index (χ2v) is 10.4. The Balaban J connectivity index is 1.74. The normalized spacial score (nSPS) is 11.7. The van der Waals surface area contributed by atoms with E-state index < -0.39 is 10.0 Å². The first-order valence-corrected chi connectivity index (χ1v) is 12.0. The molecule has 2 aromatic carbocycles. The van der Waals surface area contributed by atoms with Crippen LogP contribution < -0.4 is 5.32 Å². The Kier molecular flexibility index (Phi) is 6.83. The number of amides is 1. The summed E-state index contributed by atoms with van der Waals surface area (Å²) in [4.78, 5) is 12.7. The molecular weight excluding hydrogens is 434 g/mol. The van der Waals surface area contributed by atoms with E-state index >= 15 is 0 Å². The van der Waals surface area contributed by atoms with Gasteiger partial charge in [0.05, 0.1) is 10.6 Å². The van der Waals surface area contributed by atoms with E-state index in [1.165, 1.54) is 31.9 Å². The first kappa shape index (κ1) is 23.0. The van der Waals surface area contributed by atoms with Crippen LogP contribution in [0.25, 0.3) is 5.69 Å². The predicted octanol–water partition coefficient (Wildman–Crippen LogP) is 3.17. The lowest BCUT2D eigenvalue weighted by molar-refractivity contribution is -0.113. The number of thioether (sulfide) groups is 1. The molecule has 1 aromatic heterocycles. The van der Waals surface area contributed by atoms with Crippen LogP contribution in [0.2, 0.25) is 0 Å². The van der Waals surface area contributed by atoms with Crippen molar-refractivity contribution in [2.75, 3.05) is 25.2 Å². The molecule has 0 aliphatic carbocycles. The maximum Gasteiger partial charge on any atom is 0.242 e. The zero-order chi connectivity index (χ0) is 22.8. The summed E-state index contributed by atoms with van der Waals surface area (Å²) in [5.74, 6) is 0.567. The highest BCUT2D eigenvalue weighted by atomic mass is 32.2. The molecule has 8 nitrogen and oxygen atoms in total. The Morgan fingerprint density at radius 1 is 1.10 bits per heavy atom. The summed E-state index contributed by atoms with van der Waals surface area (Å²) < 4.78 is 28.0. The lowest BCUT2D eigenvalue weighted by Crippen LogP contribution is -2.23. The maximum absolute atomic E-state index is 12.5. The van der Waals surface area contributed by atoms with Crippen molar-refractivity contribution < 1.29 is 13.2 Å². The number of carbonyl (C=O) groups is 1. The Morgan fingerprint density at radius 2 is 1.84 bits per heavy atom. The van der Waals surface area contributed by atoms with Gasteiger partial charge in [-0.1, -0.05) is 30.0 Å². The van der Waals surface area contributed by atoms with Crippen LogP contribution in [0.4, 0.5) is 5.69 Å². The molecule has 3 rings (SSSR count). The van der Waals surface area contributed by atoms with Gasteiger partial charge in [-0.2, -0.15) is 0 Å². The van der Waals surface area contributed by atoms with Crippen molar-refractivity contribution in [2.45, 2.75) is 30.8 Å². The molecule has 0 bridgehead atoms. The van der Waals surface area contributed by atoms with Crippen LogP contribution in [0.15, 0.2) is 52.5 Å². The standard InChI is InChI=1S/C21H25N5O3S2/c1-14-7-6-8-18(11-14)26-16(3)23-24-21(26)30-13-20(27)22-17-10-9-15(2)19(12-17)31(28,29)25(4)5/h6-12H,13H2,1-5H3,(H,22,27). The van der Waals surface area contributed by atoms with Crippen molar-refractivity contribution in [2.24, 2.45) is 0 Å². The van der Waals surface area contributed by atoms with Gasteiger partial charge < -0.3 is 5.32 Å². The highest BCUT2D eigenvalue weighted by molar-refractivity contribution is 7.99. The van der Waals surface area contributed by atoms with Gasteiger partial charge in [-0.15, -0.1) is 10.2 Å². The SMILES string of the molecule is Cc1cccc(-n2c(C)nnc2SCC(=O)Nc2ccc(C)c(S(=O)(=O)N(C)C)c2)c1. The molecule has 1 N–H and O–H groups in total. The van der Waals surface area contributed by atoms with Crippen LogP contribution in [0, 0.1) is 20.8 Å². The van der Waals surface area contributed by atoms with Crippen LogP contribution in [-0.4, -0.2) is 53.2 Å². The molecule has 0 aliphatic rings. The third kappa shape index (κ3) is 5.15. The van der Waals surface area contributed by atoms with E-state index in [4.69, 9.17) is 0 Å². The Bertz CT molecular complexity index is 1220. The van der Waals surface area contributed by atoms with E-state index in [2.05, 4.69) is 15.5 Å². The fourth-order valence-electron chi connectivity index (χ4n) is 2.98. The molecule has 0 spiro atoms. The summed E-state index contributed by atoms with van der Waals surface area (Å²) in [6.07, 6.45) is 0. The third-order valence-electron chi connectivity index (χ3n) is 4.62. The lowest BCUT2D eigenvalue weighted by atomic mass is 10.2. The van der Waals surface area contributed by atoms with Gasteiger partial charge in [-0.25, -0.2) is 12.7 Å². The molecule has 0 unspecified atom stereocenters. The summed E-state index contributed by atoms with van der Waals surface area (Å²) in [6.45, 7) is 5.59. The van der Waals surface area contributed by atoms with Gasteiger partial charge >= 0.3 is 0 Å². The number of anilines is 1. The van der Waals surface area contributed by atoms with Gasteiger partial charge in [0.2, 0.25) is 15.9 Å². The van der Waals surface area contributed by atoms with Crippen LogP contribution in [0.1, 0.15) is 17.0 Å². The summed E-state index contributed by atoms with van der Waals surface area (Å²) in [5, 5.41) is 11.7. The monoisotopic (exact) mass is 459 g/mol. The highest BCUT2D eigenvalue weighted by Crippen LogP contribution is 2.24. The molecule has 3 aromatic rings. The van der Waals surface area contributed by atoms with Gasteiger partial charge in [0.25, 0.3) is 0 Å². The molecule has 1 amide bonds. The van der Waals surface area contributed by atoms with E-state index in [0.29, 0.717) is 16.4 Å². The summed E-state index contributed by atoms with van der Waals surface area (Å²) >= 11 is 1.26. The number of nitrogens with one attached hydrogen (secondary N) is 1. The number of hydrogen-bond donors (Lipinski definition) is 1. The van der Waals surface area contributed by atoms with Gasteiger partial charge in [-0.05, 0) is 56.2 Å². The summed E-state index contributed by atoms with van der Waals surface area (Å²) in [6, 6.07) is 12.8. The van der Waals surface area contributed by atoms with Gasteiger partial charge in [-0.3, -0.25) is 9.36 Å². The Labute approximate surface area is 186 Å². The molecule has 0 atom stereocenters. The number of benzene rings is 2. The van der Waals surface area contributed by atoms with Crippen LogP contribution in [-0.2, 0) is 14.8 Å². The van der Waals surface area contributed by atoms with Gasteiger partial charge in [0.15, 0.2) is 5.16 Å². The average molecular weight is 460 g/mol. The van der Waals surface area contributed by atoms with Gasteiger partial charge in [0.1, 0.15) is 5.82 Å². The Hall–Kier alpha value is -2.69. The van der Waals surface area contributed by atoms with Crippen molar-refractivity contribution in [3.05, 3.63) is 59.4 Å². The number of nitrogens with zero attached hydrogens (tertiary/aromatic N) is 4. The van der Waals surface area contributed by atoms with E-state index in [9.17, 15) is 13.2 Å². The molecule has 1 heterocycles. The first-order valence-electron chi connectivity index (χ1n) is 9.54. The molecular formula is C21H25N5O3S2. The minimum Gasteiger partial charge on any atom is -0.325 e. The van der Waals surface area contributed by atoms with E-state index in [0.717, 1.165) is 21.4 Å². The molecule has 10 heteroatoms. The fourth-order valence-corrected chi connectivity index (χ4v) is 4.92. The Morgan fingerprint density at radius 3 is 2.52 bits per heavy atom.